The van der Waals surface area contributed by atoms with E-state index >= 15 is 0 Å². The van der Waals surface area contributed by atoms with E-state index in [0.717, 1.165) is 28.5 Å². The molecule has 208 valence electrons. The Kier molecular flexibility index (Phi) is 10.5. The molecule has 1 N–H and O–H groups in total. The minimum atomic E-state index is -3.62. The summed E-state index contributed by atoms with van der Waals surface area (Å²) in [4.78, 5) is 28.4. The number of anilines is 1. The number of aryl methyl sites for hydroxylation is 2. The lowest BCUT2D eigenvalue weighted by molar-refractivity contribution is -0.141. The largest absolute Gasteiger partial charge is 0.357 e. The summed E-state index contributed by atoms with van der Waals surface area (Å²) in [5.41, 5.74) is 4.16. The van der Waals surface area contributed by atoms with Crippen molar-refractivity contribution >= 4 is 39.1 Å². The number of hydrogen-bond donors (Lipinski definition) is 1. The van der Waals surface area contributed by atoms with E-state index in [1.54, 1.807) is 30.1 Å². The first-order valence-electron chi connectivity index (χ1n) is 12.8. The fourth-order valence-electron chi connectivity index (χ4n) is 4.56. The van der Waals surface area contributed by atoms with Gasteiger partial charge in [0.25, 0.3) is 0 Å². The van der Waals surface area contributed by atoms with Crippen LogP contribution in [0.3, 0.4) is 0 Å². The number of halogens is 1. The molecule has 0 bridgehead atoms. The van der Waals surface area contributed by atoms with Crippen LogP contribution in [0.25, 0.3) is 0 Å². The van der Waals surface area contributed by atoms with Gasteiger partial charge in [0.05, 0.1) is 11.9 Å². The van der Waals surface area contributed by atoms with Crippen LogP contribution in [0.15, 0.2) is 72.8 Å². The molecule has 0 aliphatic rings. The molecule has 3 aromatic rings. The zero-order valence-corrected chi connectivity index (χ0v) is 24.4. The molecule has 9 heteroatoms. The van der Waals surface area contributed by atoms with Gasteiger partial charge in [-0.15, -0.1) is 0 Å². The molecule has 0 aromatic heterocycles. The Morgan fingerprint density at radius 1 is 0.949 bits per heavy atom. The zero-order valence-electron chi connectivity index (χ0n) is 22.9. The van der Waals surface area contributed by atoms with Gasteiger partial charge in [-0.25, -0.2) is 8.42 Å². The van der Waals surface area contributed by atoms with Gasteiger partial charge in [0.2, 0.25) is 21.8 Å². The standard InChI is InChI=1S/C30H36ClN3O4S/c1-22-10-8-13-25(18-22)21-33(28(30(36)32-3)19-24-11-6-5-7-12-24)29(35)14-9-17-34(39(4,37)38)27-20-26(31)16-15-23(27)2/h5-8,10-13,15-16,18,20,28H,9,14,17,19,21H2,1-4H3,(H,32,36)/t28-/m0/s1. The van der Waals surface area contributed by atoms with E-state index in [2.05, 4.69) is 5.32 Å². The predicted octanol–water partition coefficient (Wildman–Crippen LogP) is 4.89. The Labute approximate surface area is 236 Å². The maximum Gasteiger partial charge on any atom is 0.242 e. The molecule has 3 rings (SSSR count). The first-order chi connectivity index (χ1) is 18.5. The number of likely N-dealkylation sites (N-methyl/N-ethyl adjacent to an activating group) is 1. The van der Waals surface area contributed by atoms with Crippen molar-refractivity contribution in [3.05, 3.63) is 100 Å². The highest BCUT2D eigenvalue weighted by Gasteiger charge is 2.30. The zero-order chi connectivity index (χ0) is 28.6. The van der Waals surface area contributed by atoms with Gasteiger partial charge in [0.15, 0.2) is 0 Å². The number of amides is 2. The van der Waals surface area contributed by atoms with Crippen LogP contribution in [0.4, 0.5) is 5.69 Å². The molecular formula is C30H36ClN3O4S. The van der Waals surface area contributed by atoms with Gasteiger partial charge < -0.3 is 10.2 Å². The molecule has 3 aromatic carbocycles. The van der Waals surface area contributed by atoms with Crippen molar-refractivity contribution in [1.82, 2.24) is 10.2 Å². The highest BCUT2D eigenvalue weighted by atomic mass is 35.5. The molecule has 7 nitrogen and oxygen atoms in total. The Balaban J connectivity index is 1.86. The van der Waals surface area contributed by atoms with Crippen LogP contribution in [-0.2, 0) is 32.6 Å². The highest BCUT2D eigenvalue weighted by molar-refractivity contribution is 7.92. The second-order valence-corrected chi connectivity index (χ2v) is 12.0. The van der Waals surface area contributed by atoms with E-state index in [1.165, 1.54) is 4.31 Å². The van der Waals surface area contributed by atoms with Crippen LogP contribution < -0.4 is 9.62 Å². The molecule has 0 heterocycles. The monoisotopic (exact) mass is 569 g/mol. The van der Waals surface area contributed by atoms with E-state index in [-0.39, 0.29) is 37.7 Å². The summed E-state index contributed by atoms with van der Waals surface area (Å²) in [5.74, 6) is -0.482. The summed E-state index contributed by atoms with van der Waals surface area (Å²) in [6, 6.07) is 21.8. The molecule has 0 saturated carbocycles. The van der Waals surface area contributed by atoms with Gasteiger partial charge in [-0.1, -0.05) is 77.8 Å². The molecule has 0 aliphatic carbocycles. The third-order valence-electron chi connectivity index (χ3n) is 6.54. The fourth-order valence-corrected chi connectivity index (χ4v) is 5.74. The summed E-state index contributed by atoms with van der Waals surface area (Å²) in [6.45, 7) is 4.16. The highest BCUT2D eigenvalue weighted by Crippen LogP contribution is 2.27. The molecule has 0 radical (unpaired) electrons. The van der Waals surface area contributed by atoms with E-state index in [4.69, 9.17) is 11.6 Å². The van der Waals surface area contributed by atoms with E-state index in [9.17, 15) is 18.0 Å². The number of carbonyl (C=O) groups is 2. The first kappa shape index (κ1) is 30.2. The minimum absolute atomic E-state index is 0.0692. The number of nitrogens with one attached hydrogen (secondary N) is 1. The molecule has 0 unspecified atom stereocenters. The summed E-state index contributed by atoms with van der Waals surface area (Å²) < 4.78 is 26.6. The second-order valence-electron chi connectivity index (χ2n) is 9.70. The van der Waals surface area contributed by atoms with E-state index in [0.29, 0.717) is 17.1 Å². The Morgan fingerprint density at radius 3 is 2.28 bits per heavy atom. The van der Waals surface area contributed by atoms with Gasteiger partial charge in [0.1, 0.15) is 6.04 Å². The maximum absolute atomic E-state index is 13.7. The quantitative estimate of drug-likeness (QED) is 0.336. The predicted molar refractivity (Wildman–Crippen MR) is 157 cm³/mol. The Morgan fingerprint density at radius 2 is 1.64 bits per heavy atom. The molecule has 0 aliphatic heterocycles. The topological polar surface area (TPSA) is 86.8 Å². The Hall–Kier alpha value is -3.36. The van der Waals surface area contributed by atoms with E-state index < -0.39 is 16.1 Å². The van der Waals surface area contributed by atoms with Crippen LogP contribution in [0, 0.1) is 13.8 Å². The van der Waals surface area contributed by atoms with Gasteiger partial charge >= 0.3 is 0 Å². The third-order valence-corrected chi connectivity index (χ3v) is 7.96. The van der Waals surface area contributed by atoms with Crippen molar-refractivity contribution < 1.29 is 18.0 Å². The van der Waals surface area contributed by atoms with Crippen molar-refractivity contribution in [2.75, 3.05) is 24.2 Å². The number of rotatable bonds is 12. The van der Waals surface area contributed by atoms with E-state index in [1.807, 2.05) is 68.4 Å². The number of nitrogens with zero attached hydrogens (tertiary/aromatic N) is 2. The van der Waals surface area contributed by atoms with Crippen molar-refractivity contribution in [1.29, 1.82) is 0 Å². The van der Waals surface area contributed by atoms with Crippen LogP contribution in [0.5, 0.6) is 0 Å². The molecule has 0 saturated heterocycles. The lowest BCUT2D eigenvalue weighted by Gasteiger charge is -2.32. The summed E-state index contributed by atoms with van der Waals surface area (Å²) in [7, 11) is -2.06. The lowest BCUT2D eigenvalue weighted by atomic mass is 10.0. The molecule has 0 fully saturated rings. The number of benzene rings is 3. The van der Waals surface area contributed by atoms with Gasteiger partial charge in [-0.3, -0.25) is 13.9 Å². The molecule has 2 amide bonds. The third kappa shape index (κ3) is 8.57. The smallest absolute Gasteiger partial charge is 0.242 e. The normalized spacial score (nSPS) is 12.0. The molecule has 1 atom stereocenters. The minimum Gasteiger partial charge on any atom is -0.357 e. The summed E-state index contributed by atoms with van der Waals surface area (Å²) >= 11 is 6.15. The van der Waals surface area contributed by atoms with Gasteiger partial charge in [-0.2, -0.15) is 0 Å². The van der Waals surface area contributed by atoms with Crippen LogP contribution in [0.2, 0.25) is 5.02 Å². The van der Waals surface area contributed by atoms with Crippen molar-refractivity contribution in [3.63, 3.8) is 0 Å². The Bertz CT molecular complexity index is 1400. The van der Waals surface area contributed by atoms with Crippen molar-refractivity contribution in [2.45, 2.75) is 45.7 Å². The molecule has 0 spiro atoms. The molecular weight excluding hydrogens is 534 g/mol. The number of carbonyl (C=O) groups excluding carboxylic acids is 2. The summed E-state index contributed by atoms with van der Waals surface area (Å²) in [5, 5.41) is 3.14. The van der Waals surface area contributed by atoms with Crippen LogP contribution in [0.1, 0.15) is 35.1 Å². The van der Waals surface area contributed by atoms with Crippen LogP contribution in [-0.4, -0.2) is 51.0 Å². The summed E-state index contributed by atoms with van der Waals surface area (Å²) in [6.07, 6.45) is 1.84. The first-order valence-corrected chi connectivity index (χ1v) is 15.1. The molecule has 39 heavy (non-hydrogen) atoms. The fraction of sp³-hybridized carbons (Fsp3) is 0.333. The SMILES string of the molecule is CNC(=O)[C@H](Cc1ccccc1)N(Cc1cccc(C)c1)C(=O)CCCN(c1cc(Cl)ccc1C)S(C)(=O)=O. The number of hydrogen-bond acceptors (Lipinski definition) is 4. The lowest BCUT2D eigenvalue weighted by Crippen LogP contribution is -2.49. The van der Waals surface area contributed by atoms with Gasteiger partial charge in [0, 0.05) is 38.0 Å². The number of sulfonamides is 1. The van der Waals surface area contributed by atoms with Crippen LogP contribution >= 0.6 is 11.6 Å². The van der Waals surface area contributed by atoms with Gasteiger partial charge in [-0.05, 0) is 49.1 Å². The van der Waals surface area contributed by atoms with Crippen molar-refractivity contribution in [2.24, 2.45) is 0 Å². The average Bonchev–Trinajstić information content (AvgIpc) is 2.89. The maximum atomic E-state index is 13.7. The van der Waals surface area contributed by atoms with Crippen molar-refractivity contribution in [3.8, 4) is 0 Å². The second kappa shape index (κ2) is 13.6. The average molecular weight is 570 g/mol.